The van der Waals surface area contributed by atoms with Gasteiger partial charge in [-0.3, -0.25) is 4.90 Å². The molecule has 0 aromatic heterocycles. The van der Waals surface area contributed by atoms with Crippen molar-refractivity contribution < 1.29 is 18.3 Å². The molecule has 1 atom stereocenters. The maximum absolute atomic E-state index is 13.1. The van der Waals surface area contributed by atoms with Gasteiger partial charge in [0.2, 0.25) is 10.0 Å². The Hall–Kier alpha value is -1.44. The van der Waals surface area contributed by atoms with E-state index < -0.39 is 16.0 Å². The van der Waals surface area contributed by atoms with Crippen molar-refractivity contribution in [2.45, 2.75) is 43.5 Å². The fourth-order valence-electron chi connectivity index (χ4n) is 3.69. The van der Waals surface area contributed by atoms with Crippen molar-refractivity contribution in [2.75, 3.05) is 26.2 Å². The predicted molar refractivity (Wildman–Crippen MR) is 90.8 cm³/mol. The normalized spacial score (nSPS) is 23.0. The first-order valence-electron chi connectivity index (χ1n) is 8.54. The van der Waals surface area contributed by atoms with Gasteiger partial charge in [-0.25, -0.2) is 13.2 Å². The van der Waals surface area contributed by atoms with Crippen LogP contribution >= 0.6 is 0 Å². The number of aromatic carboxylic acids is 1. The highest BCUT2D eigenvalue weighted by atomic mass is 32.2. The van der Waals surface area contributed by atoms with E-state index in [0.29, 0.717) is 25.1 Å². The number of carboxylic acid groups (broad SMARTS) is 1. The first kappa shape index (κ1) is 17.4. The van der Waals surface area contributed by atoms with Crippen LogP contribution in [0.1, 0.15) is 42.1 Å². The highest BCUT2D eigenvalue weighted by Gasteiger charge is 2.36. The van der Waals surface area contributed by atoms with Gasteiger partial charge in [0.15, 0.2) is 0 Å². The highest BCUT2D eigenvalue weighted by Crippen LogP contribution is 2.28. The summed E-state index contributed by atoms with van der Waals surface area (Å²) < 4.78 is 27.7. The zero-order valence-electron chi connectivity index (χ0n) is 13.9. The van der Waals surface area contributed by atoms with Gasteiger partial charge in [-0.05, 0) is 56.5 Å². The van der Waals surface area contributed by atoms with Crippen molar-refractivity contribution in [3.63, 3.8) is 0 Å². The predicted octanol–water partition coefficient (Wildman–Crippen LogP) is 1.81. The van der Waals surface area contributed by atoms with Crippen molar-refractivity contribution in [1.29, 1.82) is 0 Å². The van der Waals surface area contributed by atoms with Crippen molar-refractivity contribution in [3.8, 4) is 0 Å². The lowest BCUT2D eigenvalue weighted by molar-refractivity contribution is 0.0696. The number of carboxylic acids is 1. The largest absolute Gasteiger partial charge is 0.478 e. The molecule has 1 N–H and O–H groups in total. The first-order chi connectivity index (χ1) is 11.4. The zero-order chi connectivity index (χ0) is 17.3. The van der Waals surface area contributed by atoms with Gasteiger partial charge in [0.25, 0.3) is 0 Å². The molecule has 1 aromatic rings. The Morgan fingerprint density at radius 2 is 1.96 bits per heavy atom. The summed E-state index contributed by atoms with van der Waals surface area (Å²) in [5.74, 6) is -1.11. The van der Waals surface area contributed by atoms with E-state index in [1.807, 2.05) is 6.92 Å². The summed E-state index contributed by atoms with van der Waals surface area (Å²) in [7, 11) is -3.66. The topological polar surface area (TPSA) is 77.9 Å². The second-order valence-electron chi connectivity index (χ2n) is 6.53. The molecule has 7 heteroatoms. The molecule has 0 radical (unpaired) electrons. The van der Waals surface area contributed by atoms with Crippen LogP contribution in [-0.2, 0) is 16.4 Å². The van der Waals surface area contributed by atoms with Gasteiger partial charge in [0.1, 0.15) is 0 Å². The molecule has 24 heavy (non-hydrogen) atoms. The standard InChI is InChI=1S/C17H24N2O4S/c1-2-13-5-6-14(17(20)21)11-16(13)24(22,23)19-10-7-15(12-19)18-8-3-4-9-18/h5-6,11,15H,2-4,7-10,12H2,1H3,(H,20,21)/t15-/m1/s1. The summed E-state index contributed by atoms with van der Waals surface area (Å²) in [6.07, 6.45) is 3.77. The number of hydrogen-bond donors (Lipinski definition) is 1. The van der Waals surface area contributed by atoms with E-state index in [1.54, 1.807) is 6.07 Å². The molecule has 2 heterocycles. The van der Waals surface area contributed by atoms with Crippen molar-refractivity contribution >= 4 is 16.0 Å². The molecule has 0 spiro atoms. The molecule has 6 nitrogen and oxygen atoms in total. The number of rotatable bonds is 5. The Labute approximate surface area is 143 Å². The SMILES string of the molecule is CCc1ccc(C(=O)O)cc1S(=O)(=O)N1CC[C@@H](N2CCCC2)C1. The summed E-state index contributed by atoms with van der Waals surface area (Å²) in [6.45, 7) is 4.99. The van der Waals surface area contributed by atoms with Crippen LogP contribution < -0.4 is 0 Å². The van der Waals surface area contributed by atoms with Crippen LogP contribution in [0.25, 0.3) is 0 Å². The number of sulfonamides is 1. The molecule has 0 amide bonds. The molecule has 2 saturated heterocycles. The van der Waals surface area contributed by atoms with Gasteiger partial charge >= 0.3 is 5.97 Å². The van der Waals surface area contributed by atoms with E-state index in [9.17, 15) is 18.3 Å². The Balaban J connectivity index is 1.87. The maximum atomic E-state index is 13.1. The van der Waals surface area contributed by atoms with Gasteiger partial charge in [0.05, 0.1) is 10.5 Å². The van der Waals surface area contributed by atoms with Crippen molar-refractivity contribution in [3.05, 3.63) is 29.3 Å². The maximum Gasteiger partial charge on any atom is 0.335 e. The molecule has 2 aliphatic rings. The van der Waals surface area contributed by atoms with E-state index in [1.165, 1.54) is 29.3 Å². The lowest BCUT2D eigenvalue weighted by Crippen LogP contribution is -2.37. The quantitative estimate of drug-likeness (QED) is 0.874. The molecule has 0 bridgehead atoms. The summed E-state index contributed by atoms with van der Waals surface area (Å²) >= 11 is 0. The molecule has 1 aromatic carbocycles. The Kier molecular flexibility index (Phi) is 4.94. The highest BCUT2D eigenvalue weighted by molar-refractivity contribution is 7.89. The third-order valence-electron chi connectivity index (χ3n) is 5.10. The summed E-state index contributed by atoms with van der Waals surface area (Å²) in [5.41, 5.74) is 0.686. The fourth-order valence-corrected chi connectivity index (χ4v) is 5.50. The first-order valence-corrected chi connectivity index (χ1v) is 9.98. The second-order valence-corrected chi connectivity index (χ2v) is 8.44. The molecule has 132 valence electrons. The molecule has 2 aliphatic heterocycles. The van der Waals surface area contributed by atoms with Crippen LogP contribution in [0.15, 0.2) is 23.1 Å². The second kappa shape index (κ2) is 6.82. The number of likely N-dealkylation sites (tertiary alicyclic amines) is 1. The van der Waals surface area contributed by atoms with Crippen LogP contribution in [0.4, 0.5) is 0 Å². The van der Waals surface area contributed by atoms with Crippen LogP contribution in [-0.4, -0.2) is 60.9 Å². The average Bonchev–Trinajstić information content (AvgIpc) is 3.25. The van der Waals surface area contributed by atoms with E-state index in [2.05, 4.69) is 4.90 Å². The molecular formula is C17H24N2O4S. The van der Waals surface area contributed by atoms with E-state index in [-0.39, 0.29) is 16.5 Å². The minimum absolute atomic E-state index is 0.0149. The zero-order valence-corrected chi connectivity index (χ0v) is 14.8. The van der Waals surface area contributed by atoms with E-state index in [0.717, 1.165) is 19.5 Å². The molecule has 3 rings (SSSR count). The number of benzene rings is 1. The molecule has 0 aliphatic carbocycles. The van der Waals surface area contributed by atoms with Gasteiger partial charge in [-0.1, -0.05) is 13.0 Å². The molecule has 0 unspecified atom stereocenters. The van der Waals surface area contributed by atoms with Crippen molar-refractivity contribution in [1.82, 2.24) is 9.21 Å². The third kappa shape index (κ3) is 3.20. The Morgan fingerprint density at radius 1 is 1.25 bits per heavy atom. The Bertz CT molecular complexity index is 726. The number of carbonyl (C=O) groups is 1. The van der Waals surface area contributed by atoms with Gasteiger partial charge in [0, 0.05) is 19.1 Å². The molecular weight excluding hydrogens is 328 g/mol. The third-order valence-corrected chi connectivity index (χ3v) is 7.04. The number of aryl methyl sites for hydroxylation is 1. The van der Waals surface area contributed by atoms with Crippen molar-refractivity contribution in [2.24, 2.45) is 0 Å². The lowest BCUT2D eigenvalue weighted by atomic mass is 10.1. The smallest absolute Gasteiger partial charge is 0.335 e. The van der Waals surface area contributed by atoms with Crippen LogP contribution in [0.2, 0.25) is 0 Å². The minimum Gasteiger partial charge on any atom is -0.478 e. The van der Waals surface area contributed by atoms with Crippen LogP contribution in [0, 0.1) is 0 Å². The summed E-state index contributed by atoms with van der Waals surface area (Å²) in [4.78, 5) is 13.7. The number of hydrogen-bond acceptors (Lipinski definition) is 4. The van der Waals surface area contributed by atoms with E-state index >= 15 is 0 Å². The van der Waals surface area contributed by atoms with Gasteiger partial charge in [-0.15, -0.1) is 0 Å². The van der Waals surface area contributed by atoms with Gasteiger partial charge < -0.3 is 5.11 Å². The average molecular weight is 352 g/mol. The van der Waals surface area contributed by atoms with Gasteiger partial charge in [-0.2, -0.15) is 4.31 Å². The molecule has 2 fully saturated rings. The lowest BCUT2D eigenvalue weighted by Gasteiger charge is -2.24. The fraction of sp³-hybridized carbons (Fsp3) is 0.588. The summed E-state index contributed by atoms with van der Waals surface area (Å²) in [5, 5.41) is 9.17. The monoisotopic (exact) mass is 352 g/mol. The molecule has 0 saturated carbocycles. The van der Waals surface area contributed by atoms with Crippen LogP contribution in [0.3, 0.4) is 0 Å². The minimum atomic E-state index is -3.66. The summed E-state index contributed by atoms with van der Waals surface area (Å²) in [6, 6.07) is 4.68. The number of nitrogens with zero attached hydrogens (tertiary/aromatic N) is 2. The van der Waals surface area contributed by atoms with Crippen LogP contribution in [0.5, 0.6) is 0 Å². The Morgan fingerprint density at radius 3 is 2.58 bits per heavy atom. The van der Waals surface area contributed by atoms with E-state index in [4.69, 9.17) is 0 Å².